The summed E-state index contributed by atoms with van der Waals surface area (Å²) in [7, 11) is 0. The number of rotatable bonds is 4. The van der Waals surface area contributed by atoms with Gasteiger partial charge in [-0.1, -0.05) is 30.3 Å². The molecular weight excluding hydrogens is 353 g/mol. The quantitative estimate of drug-likeness (QED) is 0.726. The highest BCUT2D eigenvalue weighted by Gasteiger charge is 2.43. The third-order valence-corrected chi connectivity index (χ3v) is 5.80. The van der Waals surface area contributed by atoms with E-state index in [1.165, 1.54) is 11.6 Å². The average Bonchev–Trinajstić information content (AvgIpc) is 2.89. The summed E-state index contributed by atoms with van der Waals surface area (Å²) in [6.07, 6.45) is 0.0676. The van der Waals surface area contributed by atoms with Gasteiger partial charge in [-0.2, -0.15) is 13.2 Å². The van der Waals surface area contributed by atoms with Crippen molar-refractivity contribution in [3.63, 3.8) is 0 Å². The lowest BCUT2D eigenvalue weighted by molar-refractivity contribution is -0.141. The monoisotopic (exact) mass is 374 g/mol. The zero-order chi connectivity index (χ0) is 19.0. The third kappa shape index (κ3) is 3.76. The minimum absolute atomic E-state index is 0.123. The molecule has 3 heterocycles. The molecule has 0 saturated carbocycles. The Morgan fingerprint density at radius 1 is 1.07 bits per heavy atom. The van der Waals surface area contributed by atoms with Crippen molar-refractivity contribution in [3.05, 3.63) is 65.5 Å². The molecule has 6 heteroatoms. The first-order chi connectivity index (χ1) is 12.9. The number of nitrogens with zero attached hydrogens (tertiary/aromatic N) is 2. The van der Waals surface area contributed by atoms with E-state index in [0.717, 1.165) is 31.6 Å². The van der Waals surface area contributed by atoms with Crippen LogP contribution in [0.4, 0.5) is 13.2 Å². The Labute approximate surface area is 156 Å². The number of aromatic nitrogens is 1. The summed E-state index contributed by atoms with van der Waals surface area (Å²) < 4.78 is 38.7. The highest BCUT2D eigenvalue weighted by Crippen LogP contribution is 2.41. The van der Waals surface area contributed by atoms with E-state index in [1.54, 1.807) is 0 Å². The number of carbonyl (C=O) groups excluding carboxylic acids is 1. The maximum Gasteiger partial charge on any atom is 0.433 e. The molecule has 142 valence electrons. The Morgan fingerprint density at radius 3 is 2.37 bits per heavy atom. The highest BCUT2D eigenvalue weighted by atomic mass is 19.4. The summed E-state index contributed by atoms with van der Waals surface area (Å²) in [5.74, 6) is -0.392. The molecule has 0 N–H and O–H groups in total. The maximum atomic E-state index is 12.9. The van der Waals surface area contributed by atoms with Gasteiger partial charge >= 0.3 is 6.18 Å². The van der Waals surface area contributed by atoms with Gasteiger partial charge < -0.3 is 0 Å². The summed E-state index contributed by atoms with van der Waals surface area (Å²) in [4.78, 5) is 18.7. The lowest BCUT2D eigenvalue weighted by atomic mass is 9.84. The molecule has 2 atom stereocenters. The molecule has 2 fully saturated rings. The summed E-state index contributed by atoms with van der Waals surface area (Å²) in [6.45, 7) is 0.866. The largest absolute Gasteiger partial charge is 0.433 e. The molecule has 0 aliphatic carbocycles. The molecule has 0 spiro atoms. The highest BCUT2D eigenvalue weighted by molar-refractivity contribution is 5.98. The number of hydrogen-bond donors (Lipinski definition) is 0. The summed E-state index contributed by atoms with van der Waals surface area (Å²) >= 11 is 0. The van der Waals surface area contributed by atoms with E-state index < -0.39 is 11.9 Å². The number of piperidine rings is 1. The number of benzene rings is 1. The van der Waals surface area contributed by atoms with Crippen LogP contribution in [0.15, 0.2) is 48.7 Å². The van der Waals surface area contributed by atoms with Gasteiger partial charge in [0.25, 0.3) is 0 Å². The SMILES string of the molecule is O=C(c1ccnc(C(F)(F)F)c1)C1CC2CCC(C1)N2Cc1ccccc1. The van der Waals surface area contributed by atoms with Gasteiger partial charge in [-0.15, -0.1) is 0 Å². The average molecular weight is 374 g/mol. The molecule has 2 aliphatic rings. The molecule has 0 radical (unpaired) electrons. The molecule has 2 bridgehead atoms. The molecule has 2 unspecified atom stereocenters. The Hall–Kier alpha value is -2.21. The second-order valence-electron chi connectivity index (χ2n) is 7.50. The Balaban J connectivity index is 1.48. The Bertz CT molecular complexity index is 808. The van der Waals surface area contributed by atoms with Crippen LogP contribution in [0.2, 0.25) is 0 Å². The predicted octanol–water partition coefficient (Wildman–Crippen LogP) is 4.73. The van der Waals surface area contributed by atoms with Crippen molar-refractivity contribution in [3.8, 4) is 0 Å². The van der Waals surface area contributed by atoms with Gasteiger partial charge in [-0.05, 0) is 43.4 Å². The predicted molar refractivity (Wildman–Crippen MR) is 95.1 cm³/mol. The number of fused-ring (bicyclic) bond motifs is 2. The van der Waals surface area contributed by atoms with E-state index in [-0.39, 0.29) is 17.3 Å². The van der Waals surface area contributed by atoms with Gasteiger partial charge in [-0.25, -0.2) is 0 Å². The minimum atomic E-state index is -4.53. The third-order valence-electron chi connectivity index (χ3n) is 5.80. The van der Waals surface area contributed by atoms with Crippen molar-refractivity contribution in [1.82, 2.24) is 9.88 Å². The molecule has 2 aromatic rings. The summed E-state index contributed by atoms with van der Waals surface area (Å²) in [5.41, 5.74) is 0.374. The van der Waals surface area contributed by atoms with E-state index in [1.807, 2.05) is 18.2 Å². The van der Waals surface area contributed by atoms with E-state index in [4.69, 9.17) is 0 Å². The van der Waals surface area contributed by atoms with Crippen molar-refractivity contribution in [2.45, 2.75) is 50.5 Å². The zero-order valence-corrected chi connectivity index (χ0v) is 14.8. The van der Waals surface area contributed by atoms with E-state index in [9.17, 15) is 18.0 Å². The van der Waals surface area contributed by atoms with Gasteiger partial charge in [0.05, 0.1) is 0 Å². The number of alkyl halides is 3. The van der Waals surface area contributed by atoms with Crippen molar-refractivity contribution >= 4 is 5.78 Å². The molecular formula is C21H21F3N2O. The first-order valence-electron chi connectivity index (χ1n) is 9.29. The standard InChI is InChI=1S/C21H21F3N2O/c22-21(23,24)19-12-15(8-9-25-19)20(27)16-10-17-6-7-18(11-16)26(17)13-14-4-2-1-3-5-14/h1-5,8-9,12,16-18H,6-7,10-11,13H2. The first kappa shape index (κ1) is 18.2. The maximum absolute atomic E-state index is 12.9. The lowest BCUT2D eigenvalue weighted by Crippen LogP contribution is -2.44. The van der Waals surface area contributed by atoms with E-state index in [0.29, 0.717) is 24.9 Å². The summed E-state index contributed by atoms with van der Waals surface area (Å²) in [6, 6.07) is 13.2. The Morgan fingerprint density at radius 2 is 1.74 bits per heavy atom. The second kappa shape index (κ2) is 7.08. The number of pyridine rings is 1. The van der Waals surface area contributed by atoms with Crippen LogP contribution in [0.1, 0.15) is 47.3 Å². The number of carbonyl (C=O) groups is 1. The van der Waals surface area contributed by atoms with Crippen LogP contribution < -0.4 is 0 Å². The normalized spacial score (nSPS) is 25.5. The second-order valence-corrected chi connectivity index (χ2v) is 7.50. The fraction of sp³-hybridized carbons (Fsp3) is 0.429. The van der Waals surface area contributed by atoms with Crippen LogP contribution in [0.25, 0.3) is 0 Å². The van der Waals surface area contributed by atoms with E-state index in [2.05, 4.69) is 22.0 Å². The van der Waals surface area contributed by atoms with Crippen LogP contribution in [0.3, 0.4) is 0 Å². The fourth-order valence-corrected chi connectivity index (χ4v) is 4.52. The number of ketones is 1. The summed E-state index contributed by atoms with van der Waals surface area (Å²) in [5, 5.41) is 0. The van der Waals surface area contributed by atoms with Crippen molar-refractivity contribution in [2.24, 2.45) is 5.92 Å². The lowest BCUT2D eigenvalue weighted by Gasteiger charge is -2.38. The fourth-order valence-electron chi connectivity index (χ4n) is 4.52. The van der Waals surface area contributed by atoms with Gasteiger partial charge in [-0.3, -0.25) is 14.7 Å². The molecule has 27 heavy (non-hydrogen) atoms. The van der Waals surface area contributed by atoms with Crippen LogP contribution >= 0.6 is 0 Å². The molecule has 2 aliphatic heterocycles. The van der Waals surface area contributed by atoms with Crippen molar-refractivity contribution in [2.75, 3.05) is 0 Å². The molecule has 0 amide bonds. The molecule has 1 aromatic carbocycles. The zero-order valence-electron chi connectivity index (χ0n) is 14.8. The van der Waals surface area contributed by atoms with Gasteiger partial charge in [0.1, 0.15) is 5.69 Å². The first-order valence-corrected chi connectivity index (χ1v) is 9.29. The van der Waals surface area contributed by atoms with Gasteiger partial charge in [0.2, 0.25) is 0 Å². The van der Waals surface area contributed by atoms with Crippen LogP contribution in [-0.4, -0.2) is 27.8 Å². The van der Waals surface area contributed by atoms with Gasteiger partial charge in [0, 0.05) is 36.3 Å². The van der Waals surface area contributed by atoms with Crippen molar-refractivity contribution < 1.29 is 18.0 Å². The molecule has 1 aromatic heterocycles. The number of Topliss-reactive ketones (excluding diaryl/α,β-unsaturated/α-hetero) is 1. The number of halogens is 3. The Kier molecular flexibility index (Phi) is 4.76. The molecule has 2 saturated heterocycles. The van der Waals surface area contributed by atoms with Gasteiger partial charge in [0.15, 0.2) is 5.78 Å². The topological polar surface area (TPSA) is 33.2 Å². The number of hydrogen-bond acceptors (Lipinski definition) is 3. The van der Waals surface area contributed by atoms with Crippen molar-refractivity contribution in [1.29, 1.82) is 0 Å². The van der Waals surface area contributed by atoms with Crippen LogP contribution in [-0.2, 0) is 12.7 Å². The smallest absolute Gasteiger partial charge is 0.294 e. The van der Waals surface area contributed by atoms with Crippen LogP contribution in [0.5, 0.6) is 0 Å². The van der Waals surface area contributed by atoms with Crippen LogP contribution in [0, 0.1) is 5.92 Å². The molecule has 3 nitrogen and oxygen atoms in total. The van der Waals surface area contributed by atoms with E-state index >= 15 is 0 Å². The molecule has 4 rings (SSSR count). The minimum Gasteiger partial charge on any atom is -0.294 e.